The van der Waals surface area contributed by atoms with Crippen LogP contribution in [-0.2, 0) is 4.79 Å². The van der Waals surface area contributed by atoms with Gasteiger partial charge in [0.1, 0.15) is 0 Å². The standard InChI is InChI=1S/C14H22N4O2S/c1-17(8-10-6-7-10)13-15-16-14(21-9-12(19)20)18(13)11-4-2-3-5-11/h10-11H,2-9H2,1H3,(H,19,20). The molecule has 21 heavy (non-hydrogen) atoms. The number of anilines is 1. The third kappa shape index (κ3) is 3.51. The second kappa shape index (κ2) is 6.25. The van der Waals surface area contributed by atoms with Crippen LogP contribution >= 0.6 is 11.8 Å². The van der Waals surface area contributed by atoms with Crippen molar-refractivity contribution in [2.45, 2.75) is 49.7 Å². The summed E-state index contributed by atoms with van der Waals surface area (Å²) in [4.78, 5) is 13.0. The molecule has 0 unspecified atom stereocenters. The number of thioether (sulfide) groups is 1. The Morgan fingerprint density at radius 3 is 2.67 bits per heavy atom. The third-order valence-electron chi connectivity index (χ3n) is 4.23. The van der Waals surface area contributed by atoms with Crippen molar-refractivity contribution in [3.8, 4) is 0 Å². The van der Waals surface area contributed by atoms with Gasteiger partial charge < -0.3 is 10.0 Å². The number of carboxylic acids is 1. The normalized spacial score (nSPS) is 19.1. The average Bonchev–Trinajstić information content (AvgIpc) is 2.95. The largest absolute Gasteiger partial charge is 0.481 e. The van der Waals surface area contributed by atoms with Gasteiger partial charge in [-0.1, -0.05) is 24.6 Å². The molecular weight excluding hydrogens is 288 g/mol. The van der Waals surface area contributed by atoms with Crippen LogP contribution in [0, 0.1) is 5.92 Å². The van der Waals surface area contributed by atoms with Crippen molar-refractivity contribution in [3.63, 3.8) is 0 Å². The monoisotopic (exact) mass is 310 g/mol. The number of aromatic nitrogens is 3. The van der Waals surface area contributed by atoms with Gasteiger partial charge >= 0.3 is 5.97 Å². The molecule has 0 saturated heterocycles. The van der Waals surface area contributed by atoms with Crippen LogP contribution in [0.15, 0.2) is 5.16 Å². The zero-order chi connectivity index (χ0) is 14.8. The van der Waals surface area contributed by atoms with E-state index in [2.05, 4.69) is 26.7 Å². The van der Waals surface area contributed by atoms with Gasteiger partial charge in [0.25, 0.3) is 0 Å². The van der Waals surface area contributed by atoms with Gasteiger partial charge in [0.05, 0.1) is 5.75 Å². The number of hydrogen-bond donors (Lipinski definition) is 1. The first-order chi connectivity index (χ1) is 10.1. The molecule has 0 atom stereocenters. The van der Waals surface area contributed by atoms with Gasteiger partial charge in [-0.15, -0.1) is 10.2 Å². The molecular formula is C14H22N4O2S. The van der Waals surface area contributed by atoms with E-state index in [-0.39, 0.29) is 5.75 Å². The number of nitrogens with zero attached hydrogens (tertiary/aromatic N) is 4. The van der Waals surface area contributed by atoms with E-state index in [1.165, 1.54) is 37.4 Å². The van der Waals surface area contributed by atoms with Crippen molar-refractivity contribution in [3.05, 3.63) is 0 Å². The average molecular weight is 310 g/mol. The highest BCUT2D eigenvalue weighted by Gasteiger charge is 2.29. The molecule has 0 spiro atoms. The molecule has 1 heterocycles. The summed E-state index contributed by atoms with van der Waals surface area (Å²) in [5.74, 6) is 0.923. The van der Waals surface area contributed by atoms with Gasteiger partial charge in [-0.3, -0.25) is 9.36 Å². The zero-order valence-corrected chi connectivity index (χ0v) is 13.2. The Kier molecular flexibility index (Phi) is 4.37. The topological polar surface area (TPSA) is 71.2 Å². The maximum absolute atomic E-state index is 10.8. The molecule has 116 valence electrons. The Bertz CT molecular complexity index is 509. The number of rotatable bonds is 7. The van der Waals surface area contributed by atoms with Crippen LogP contribution in [0.4, 0.5) is 5.95 Å². The molecule has 2 aliphatic rings. The Hall–Kier alpha value is -1.24. The Balaban J connectivity index is 1.81. The van der Waals surface area contributed by atoms with Gasteiger partial charge in [-0.05, 0) is 31.6 Å². The predicted octanol–water partition coefficient (Wildman–Crippen LogP) is 2.42. The number of hydrogen-bond acceptors (Lipinski definition) is 5. The van der Waals surface area contributed by atoms with Gasteiger partial charge in [-0.2, -0.15) is 0 Å². The third-order valence-corrected chi connectivity index (χ3v) is 5.16. The summed E-state index contributed by atoms with van der Waals surface area (Å²) in [5.41, 5.74) is 0. The van der Waals surface area contributed by atoms with Gasteiger partial charge in [0, 0.05) is 19.6 Å². The molecule has 2 aliphatic carbocycles. The van der Waals surface area contributed by atoms with Crippen LogP contribution in [-0.4, -0.2) is 45.2 Å². The number of carbonyl (C=O) groups is 1. The summed E-state index contributed by atoms with van der Waals surface area (Å²) in [5, 5.41) is 18.2. The molecule has 6 nitrogen and oxygen atoms in total. The lowest BCUT2D eigenvalue weighted by molar-refractivity contribution is -0.133. The quantitative estimate of drug-likeness (QED) is 0.780. The van der Waals surface area contributed by atoms with Crippen molar-refractivity contribution in [1.82, 2.24) is 14.8 Å². The molecule has 7 heteroatoms. The molecule has 1 aromatic rings. The van der Waals surface area contributed by atoms with Crippen LogP contribution in [0.5, 0.6) is 0 Å². The van der Waals surface area contributed by atoms with Gasteiger partial charge in [0.2, 0.25) is 5.95 Å². The molecule has 2 fully saturated rings. The summed E-state index contributed by atoms with van der Waals surface area (Å²) in [7, 11) is 2.07. The highest BCUT2D eigenvalue weighted by atomic mass is 32.2. The highest BCUT2D eigenvalue weighted by Crippen LogP contribution is 2.37. The molecule has 0 aromatic carbocycles. The minimum Gasteiger partial charge on any atom is -0.481 e. The zero-order valence-electron chi connectivity index (χ0n) is 12.4. The van der Waals surface area contributed by atoms with Crippen LogP contribution in [0.25, 0.3) is 0 Å². The molecule has 0 amide bonds. The summed E-state index contributed by atoms with van der Waals surface area (Å²) >= 11 is 1.28. The van der Waals surface area contributed by atoms with Crippen LogP contribution in [0.3, 0.4) is 0 Å². The fourth-order valence-electron chi connectivity index (χ4n) is 3.01. The molecule has 0 bridgehead atoms. The first-order valence-electron chi connectivity index (χ1n) is 7.65. The smallest absolute Gasteiger partial charge is 0.313 e. The Labute approximate surface area is 128 Å². The van der Waals surface area contributed by atoms with Crippen molar-refractivity contribution in [2.24, 2.45) is 5.92 Å². The summed E-state index contributed by atoms with van der Waals surface area (Å²) < 4.78 is 2.18. The molecule has 1 aromatic heterocycles. The van der Waals surface area contributed by atoms with E-state index in [0.717, 1.165) is 36.4 Å². The lowest BCUT2D eigenvalue weighted by atomic mass is 10.2. The fourth-order valence-corrected chi connectivity index (χ4v) is 3.73. The van der Waals surface area contributed by atoms with Gasteiger partial charge in [0.15, 0.2) is 5.16 Å². The van der Waals surface area contributed by atoms with E-state index in [4.69, 9.17) is 5.11 Å². The predicted molar refractivity (Wildman–Crippen MR) is 81.9 cm³/mol. The minimum atomic E-state index is -0.811. The van der Waals surface area contributed by atoms with Crippen LogP contribution < -0.4 is 4.90 Å². The Morgan fingerprint density at radius 2 is 2.05 bits per heavy atom. The SMILES string of the molecule is CN(CC1CC1)c1nnc(SCC(=O)O)n1C1CCCC1. The van der Waals surface area contributed by atoms with Crippen molar-refractivity contribution in [2.75, 3.05) is 24.2 Å². The van der Waals surface area contributed by atoms with E-state index < -0.39 is 5.97 Å². The van der Waals surface area contributed by atoms with E-state index >= 15 is 0 Å². The second-order valence-corrected chi connectivity index (χ2v) is 7.04. The number of aliphatic carboxylic acids is 1. The van der Waals surface area contributed by atoms with Crippen molar-refractivity contribution < 1.29 is 9.90 Å². The van der Waals surface area contributed by atoms with Crippen molar-refractivity contribution in [1.29, 1.82) is 0 Å². The summed E-state index contributed by atoms with van der Waals surface area (Å²) in [6, 6.07) is 0.424. The first kappa shape index (κ1) is 14.7. The fraction of sp³-hybridized carbons (Fsp3) is 0.786. The van der Waals surface area contributed by atoms with E-state index in [0.29, 0.717) is 6.04 Å². The maximum Gasteiger partial charge on any atom is 0.313 e. The molecule has 1 N–H and O–H groups in total. The van der Waals surface area contributed by atoms with Gasteiger partial charge in [-0.25, -0.2) is 0 Å². The van der Waals surface area contributed by atoms with Crippen molar-refractivity contribution >= 4 is 23.7 Å². The molecule has 0 aliphatic heterocycles. The maximum atomic E-state index is 10.8. The lowest BCUT2D eigenvalue weighted by Crippen LogP contribution is -2.25. The second-order valence-electron chi connectivity index (χ2n) is 6.10. The van der Waals surface area contributed by atoms with Crippen LogP contribution in [0.2, 0.25) is 0 Å². The van der Waals surface area contributed by atoms with Crippen LogP contribution in [0.1, 0.15) is 44.6 Å². The molecule has 2 saturated carbocycles. The molecule has 3 rings (SSSR count). The molecule has 0 radical (unpaired) electrons. The number of carboxylic acid groups (broad SMARTS) is 1. The Morgan fingerprint density at radius 1 is 1.33 bits per heavy atom. The van der Waals surface area contributed by atoms with E-state index in [1.54, 1.807) is 0 Å². The summed E-state index contributed by atoms with van der Waals surface area (Å²) in [6.07, 6.45) is 7.37. The van der Waals surface area contributed by atoms with E-state index in [9.17, 15) is 4.79 Å². The first-order valence-corrected chi connectivity index (χ1v) is 8.64. The van der Waals surface area contributed by atoms with E-state index in [1.807, 2.05) is 0 Å². The lowest BCUT2D eigenvalue weighted by Gasteiger charge is -2.23. The highest BCUT2D eigenvalue weighted by molar-refractivity contribution is 7.99. The minimum absolute atomic E-state index is 0.0389. The summed E-state index contributed by atoms with van der Waals surface area (Å²) in [6.45, 7) is 1.02.